The maximum absolute atomic E-state index is 11.7. The molecule has 0 spiro atoms. The third kappa shape index (κ3) is 2.79. The van der Waals surface area contributed by atoms with Crippen LogP contribution >= 0.6 is 0 Å². The Balaban J connectivity index is 2.74. The lowest BCUT2D eigenvalue weighted by molar-refractivity contribution is -0.119. The Bertz CT molecular complexity index is 369. The van der Waals surface area contributed by atoms with Gasteiger partial charge >= 0.3 is 0 Å². The first-order valence-electron chi connectivity index (χ1n) is 4.53. The molecule has 1 aromatic heterocycles. The van der Waals surface area contributed by atoms with Gasteiger partial charge in [0.2, 0.25) is 5.91 Å². The van der Waals surface area contributed by atoms with E-state index in [1.54, 1.807) is 31.6 Å². The zero-order chi connectivity index (χ0) is 11.3. The van der Waals surface area contributed by atoms with Gasteiger partial charge in [0.15, 0.2) is 0 Å². The van der Waals surface area contributed by atoms with E-state index in [1.165, 1.54) is 4.90 Å². The van der Waals surface area contributed by atoms with Gasteiger partial charge in [0, 0.05) is 31.5 Å². The second kappa shape index (κ2) is 5.13. The van der Waals surface area contributed by atoms with Gasteiger partial charge in [0.25, 0.3) is 0 Å². The molecule has 1 amide bonds. The number of amides is 1. The molecular formula is C11H13N3O. The first kappa shape index (κ1) is 11.2. The lowest BCUT2D eigenvalue weighted by Crippen LogP contribution is -2.41. The Morgan fingerprint density at radius 2 is 2.27 bits per heavy atom. The van der Waals surface area contributed by atoms with Crippen molar-refractivity contribution < 1.29 is 4.79 Å². The van der Waals surface area contributed by atoms with E-state index < -0.39 is 6.04 Å². The number of hydrogen-bond donors (Lipinski definition) is 1. The zero-order valence-electron chi connectivity index (χ0n) is 8.55. The number of pyridine rings is 1. The summed E-state index contributed by atoms with van der Waals surface area (Å²) in [5.41, 5.74) is 6.37. The summed E-state index contributed by atoms with van der Waals surface area (Å²) in [7, 11) is 1.66. The van der Waals surface area contributed by atoms with E-state index in [4.69, 9.17) is 12.2 Å². The van der Waals surface area contributed by atoms with Gasteiger partial charge in [-0.2, -0.15) is 0 Å². The third-order valence-corrected chi connectivity index (χ3v) is 2.04. The summed E-state index contributed by atoms with van der Waals surface area (Å²) in [5, 5.41) is 0. The highest BCUT2D eigenvalue weighted by atomic mass is 16.2. The van der Waals surface area contributed by atoms with Gasteiger partial charge in [-0.25, -0.2) is 0 Å². The molecule has 0 aliphatic carbocycles. The molecule has 78 valence electrons. The van der Waals surface area contributed by atoms with Gasteiger partial charge in [-0.1, -0.05) is 0 Å². The number of hydrogen-bond acceptors (Lipinski definition) is 3. The van der Waals surface area contributed by atoms with Crippen molar-refractivity contribution >= 4 is 11.6 Å². The standard InChI is InChI=1S/C11H13N3O/c1-3-4-10(12)11(15)14(2)9-5-7-13-8-6-9/h1,5-8,10H,4,12H2,2H3. The summed E-state index contributed by atoms with van der Waals surface area (Å²) in [6.07, 6.45) is 8.57. The first-order chi connectivity index (χ1) is 7.16. The lowest BCUT2D eigenvalue weighted by Gasteiger charge is -2.19. The van der Waals surface area contributed by atoms with Crippen LogP contribution in [-0.2, 0) is 4.79 Å². The summed E-state index contributed by atoms with van der Waals surface area (Å²) < 4.78 is 0. The highest BCUT2D eigenvalue weighted by molar-refractivity contribution is 5.96. The highest BCUT2D eigenvalue weighted by Gasteiger charge is 2.17. The topological polar surface area (TPSA) is 59.2 Å². The normalized spacial score (nSPS) is 11.5. The van der Waals surface area contributed by atoms with E-state index in [1.807, 2.05) is 0 Å². The van der Waals surface area contributed by atoms with Gasteiger partial charge in [-0.3, -0.25) is 9.78 Å². The molecule has 1 heterocycles. The van der Waals surface area contributed by atoms with Crippen LogP contribution in [0.4, 0.5) is 5.69 Å². The maximum Gasteiger partial charge on any atom is 0.244 e. The number of carbonyl (C=O) groups is 1. The van der Waals surface area contributed by atoms with Crippen LogP contribution in [-0.4, -0.2) is 24.0 Å². The van der Waals surface area contributed by atoms with Crippen molar-refractivity contribution in [3.8, 4) is 12.3 Å². The average Bonchev–Trinajstić information content (AvgIpc) is 2.28. The number of aromatic nitrogens is 1. The number of anilines is 1. The molecule has 1 rings (SSSR count). The van der Waals surface area contributed by atoms with Crippen molar-refractivity contribution in [1.29, 1.82) is 0 Å². The Kier molecular flexibility index (Phi) is 3.83. The van der Waals surface area contributed by atoms with Gasteiger partial charge < -0.3 is 10.6 Å². The van der Waals surface area contributed by atoms with Crippen LogP contribution in [0.3, 0.4) is 0 Å². The minimum absolute atomic E-state index is 0.195. The quantitative estimate of drug-likeness (QED) is 0.723. The van der Waals surface area contributed by atoms with E-state index in [-0.39, 0.29) is 12.3 Å². The monoisotopic (exact) mass is 203 g/mol. The van der Waals surface area contributed by atoms with Crippen molar-refractivity contribution in [1.82, 2.24) is 4.98 Å². The third-order valence-electron chi connectivity index (χ3n) is 2.04. The Labute approximate surface area is 89.1 Å². The van der Waals surface area contributed by atoms with Crippen LogP contribution in [0, 0.1) is 12.3 Å². The molecule has 1 aromatic rings. The largest absolute Gasteiger partial charge is 0.319 e. The fourth-order valence-electron chi connectivity index (χ4n) is 1.16. The van der Waals surface area contributed by atoms with E-state index in [9.17, 15) is 4.79 Å². The number of rotatable bonds is 3. The van der Waals surface area contributed by atoms with Crippen LogP contribution in [0.1, 0.15) is 6.42 Å². The molecule has 0 aliphatic rings. The molecule has 4 heteroatoms. The fraction of sp³-hybridized carbons (Fsp3) is 0.273. The molecule has 0 saturated heterocycles. The van der Waals surface area contributed by atoms with Crippen molar-refractivity contribution in [2.24, 2.45) is 5.73 Å². The predicted molar refractivity (Wildman–Crippen MR) is 59.1 cm³/mol. The smallest absolute Gasteiger partial charge is 0.244 e. The molecule has 0 saturated carbocycles. The molecule has 15 heavy (non-hydrogen) atoms. The van der Waals surface area contributed by atoms with Crippen LogP contribution in [0.25, 0.3) is 0 Å². The van der Waals surface area contributed by atoms with Gasteiger partial charge in [0.05, 0.1) is 6.04 Å². The molecule has 0 radical (unpaired) electrons. The predicted octanol–water partition coefficient (Wildman–Crippen LogP) is 0.395. The Hall–Kier alpha value is -1.86. The van der Waals surface area contributed by atoms with E-state index in [0.717, 1.165) is 5.69 Å². The minimum Gasteiger partial charge on any atom is -0.319 e. The maximum atomic E-state index is 11.7. The molecule has 1 atom stereocenters. The van der Waals surface area contributed by atoms with Crippen LogP contribution < -0.4 is 10.6 Å². The number of nitrogens with zero attached hydrogens (tertiary/aromatic N) is 2. The highest BCUT2D eigenvalue weighted by Crippen LogP contribution is 2.11. The molecule has 0 aliphatic heterocycles. The SMILES string of the molecule is C#CCC(N)C(=O)N(C)c1ccncc1. The zero-order valence-corrected chi connectivity index (χ0v) is 8.55. The molecule has 4 nitrogen and oxygen atoms in total. The number of likely N-dealkylation sites (N-methyl/N-ethyl adjacent to an activating group) is 1. The molecular weight excluding hydrogens is 190 g/mol. The fourth-order valence-corrected chi connectivity index (χ4v) is 1.16. The molecule has 0 fully saturated rings. The van der Waals surface area contributed by atoms with Crippen molar-refractivity contribution in [3.05, 3.63) is 24.5 Å². The molecule has 0 bridgehead atoms. The average molecular weight is 203 g/mol. The Morgan fingerprint density at radius 1 is 1.67 bits per heavy atom. The van der Waals surface area contributed by atoms with Gasteiger partial charge in [0.1, 0.15) is 0 Å². The molecule has 2 N–H and O–H groups in total. The van der Waals surface area contributed by atoms with Crippen LogP contribution in [0.5, 0.6) is 0 Å². The van der Waals surface area contributed by atoms with E-state index >= 15 is 0 Å². The summed E-state index contributed by atoms with van der Waals surface area (Å²) in [6.45, 7) is 0. The summed E-state index contributed by atoms with van der Waals surface area (Å²) in [5.74, 6) is 2.17. The van der Waals surface area contributed by atoms with Crippen molar-refractivity contribution in [2.75, 3.05) is 11.9 Å². The number of terminal acetylenes is 1. The van der Waals surface area contributed by atoms with Crippen molar-refractivity contribution in [3.63, 3.8) is 0 Å². The number of nitrogens with two attached hydrogens (primary N) is 1. The summed E-state index contributed by atoms with van der Waals surface area (Å²) in [4.78, 5) is 17.1. The van der Waals surface area contributed by atoms with E-state index in [0.29, 0.717) is 0 Å². The molecule has 1 unspecified atom stereocenters. The second-order valence-electron chi connectivity index (χ2n) is 3.12. The van der Waals surface area contributed by atoms with Gasteiger partial charge in [-0.05, 0) is 12.1 Å². The first-order valence-corrected chi connectivity index (χ1v) is 4.53. The molecule has 0 aromatic carbocycles. The Morgan fingerprint density at radius 3 is 2.80 bits per heavy atom. The van der Waals surface area contributed by atoms with E-state index in [2.05, 4.69) is 10.9 Å². The lowest BCUT2D eigenvalue weighted by atomic mass is 10.2. The van der Waals surface area contributed by atoms with Gasteiger partial charge in [-0.15, -0.1) is 12.3 Å². The summed E-state index contributed by atoms with van der Waals surface area (Å²) >= 11 is 0. The van der Waals surface area contributed by atoms with Crippen LogP contribution in [0.15, 0.2) is 24.5 Å². The van der Waals surface area contributed by atoms with Crippen LogP contribution in [0.2, 0.25) is 0 Å². The van der Waals surface area contributed by atoms with Crippen molar-refractivity contribution in [2.45, 2.75) is 12.5 Å². The number of carbonyl (C=O) groups excluding carboxylic acids is 1. The summed E-state index contributed by atoms with van der Waals surface area (Å²) in [6, 6.07) is 2.83. The second-order valence-corrected chi connectivity index (χ2v) is 3.12. The minimum atomic E-state index is -0.645.